The first-order valence-electron chi connectivity index (χ1n) is 9.82. The lowest BCUT2D eigenvalue weighted by atomic mass is 9.50. The number of hydrogen-bond acceptors (Lipinski definition) is 8. The molecule has 0 aromatic carbocycles. The van der Waals surface area contributed by atoms with Crippen LogP contribution in [0, 0.1) is 23.2 Å². The van der Waals surface area contributed by atoms with Crippen LogP contribution >= 0.6 is 0 Å². The molecule has 0 aromatic heterocycles. The molecule has 160 valence electrons. The Bertz CT molecular complexity index is 749. The van der Waals surface area contributed by atoms with Crippen molar-refractivity contribution < 1.29 is 35.8 Å². The summed E-state index contributed by atoms with van der Waals surface area (Å²) in [5.74, 6) is -1.18. The summed E-state index contributed by atoms with van der Waals surface area (Å²) in [4.78, 5) is 22.9. The van der Waals surface area contributed by atoms with E-state index in [0.717, 1.165) is 6.42 Å². The van der Waals surface area contributed by atoms with Crippen LogP contribution in [-0.4, -0.2) is 44.8 Å². The first kappa shape index (κ1) is 21.5. The van der Waals surface area contributed by atoms with Crippen molar-refractivity contribution in [2.24, 2.45) is 23.2 Å². The molecule has 0 spiro atoms. The van der Waals surface area contributed by atoms with Crippen molar-refractivity contribution in [1.82, 2.24) is 0 Å². The van der Waals surface area contributed by atoms with E-state index in [0.29, 0.717) is 19.3 Å². The van der Waals surface area contributed by atoms with Crippen molar-refractivity contribution in [3.63, 3.8) is 0 Å². The quantitative estimate of drug-likeness (QED) is 0.641. The fourth-order valence-corrected chi connectivity index (χ4v) is 6.93. The summed E-state index contributed by atoms with van der Waals surface area (Å²) in [6.07, 6.45) is 1.48. The standard InChI is InChI=1S/C19H30O8S/c1-11(10-24-12(2)20)14-6-8-18(4)15(25-13(3)21)7-9-19(5)17(18)16(14)26-28(22,23)27-19/h11,14-17H,6-10H2,1-5H3/t11-,14+,15-,16+,17-,18+,19-/m1/s1. The lowest BCUT2D eigenvalue weighted by molar-refractivity contribution is -0.236. The van der Waals surface area contributed by atoms with Crippen molar-refractivity contribution in [3.8, 4) is 0 Å². The van der Waals surface area contributed by atoms with E-state index in [4.69, 9.17) is 17.8 Å². The van der Waals surface area contributed by atoms with E-state index in [1.807, 2.05) is 20.8 Å². The van der Waals surface area contributed by atoms with Gasteiger partial charge < -0.3 is 9.47 Å². The molecule has 8 nitrogen and oxygen atoms in total. The molecule has 0 bridgehead atoms. The first-order valence-corrected chi connectivity index (χ1v) is 11.2. The van der Waals surface area contributed by atoms with Crippen LogP contribution in [0.3, 0.4) is 0 Å². The van der Waals surface area contributed by atoms with E-state index in [2.05, 4.69) is 0 Å². The van der Waals surface area contributed by atoms with Gasteiger partial charge in [0.05, 0.1) is 18.3 Å². The molecule has 3 fully saturated rings. The predicted octanol–water partition coefficient (Wildman–Crippen LogP) is 2.36. The van der Waals surface area contributed by atoms with Gasteiger partial charge in [0.1, 0.15) is 6.10 Å². The molecule has 28 heavy (non-hydrogen) atoms. The largest absolute Gasteiger partial charge is 0.466 e. The lowest BCUT2D eigenvalue weighted by Crippen LogP contribution is -2.68. The Hall–Kier alpha value is -1.19. The minimum atomic E-state index is -4.14. The van der Waals surface area contributed by atoms with E-state index >= 15 is 0 Å². The monoisotopic (exact) mass is 418 g/mol. The van der Waals surface area contributed by atoms with Gasteiger partial charge in [0.15, 0.2) is 0 Å². The third kappa shape index (κ3) is 3.80. The third-order valence-corrected chi connectivity index (χ3v) is 7.93. The first-order chi connectivity index (χ1) is 12.9. The van der Waals surface area contributed by atoms with Crippen LogP contribution in [0.15, 0.2) is 0 Å². The predicted molar refractivity (Wildman–Crippen MR) is 98.2 cm³/mol. The molecule has 3 aliphatic rings. The fraction of sp³-hybridized carbons (Fsp3) is 0.895. The molecule has 2 aliphatic carbocycles. The molecule has 0 aromatic rings. The van der Waals surface area contributed by atoms with Gasteiger partial charge in [-0.1, -0.05) is 13.8 Å². The van der Waals surface area contributed by atoms with Gasteiger partial charge in [0.25, 0.3) is 0 Å². The van der Waals surface area contributed by atoms with Crippen molar-refractivity contribution in [2.75, 3.05) is 6.61 Å². The van der Waals surface area contributed by atoms with Crippen molar-refractivity contribution in [3.05, 3.63) is 0 Å². The van der Waals surface area contributed by atoms with E-state index in [1.165, 1.54) is 13.8 Å². The molecule has 1 aliphatic heterocycles. The van der Waals surface area contributed by atoms with Crippen LogP contribution in [0.4, 0.5) is 0 Å². The number of rotatable bonds is 4. The van der Waals surface area contributed by atoms with Crippen molar-refractivity contribution in [1.29, 1.82) is 0 Å². The van der Waals surface area contributed by atoms with Gasteiger partial charge in [-0.15, -0.1) is 0 Å². The normalized spacial score (nSPS) is 42.8. The molecular weight excluding hydrogens is 388 g/mol. The van der Waals surface area contributed by atoms with Crippen LogP contribution in [0.5, 0.6) is 0 Å². The molecule has 0 radical (unpaired) electrons. The van der Waals surface area contributed by atoms with Gasteiger partial charge in [0, 0.05) is 25.2 Å². The van der Waals surface area contributed by atoms with Crippen LogP contribution < -0.4 is 0 Å². The SMILES string of the molecule is CC(=O)OC[C@@H](C)[C@@H]1CC[C@]2(C)[C@H]3[C@H]1OS(=O)(=O)O[C@]3(C)CC[C@H]2OC(C)=O. The maximum absolute atomic E-state index is 12.4. The molecule has 3 rings (SSSR count). The number of hydrogen-bond donors (Lipinski definition) is 0. The summed E-state index contributed by atoms with van der Waals surface area (Å²) in [6, 6.07) is 0. The second kappa shape index (κ2) is 7.25. The van der Waals surface area contributed by atoms with Crippen LogP contribution in [0.1, 0.15) is 60.3 Å². The Morgan fingerprint density at radius 1 is 1.14 bits per heavy atom. The second-order valence-corrected chi connectivity index (χ2v) is 10.1. The molecular formula is C19H30O8S. The third-order valence-electron chi connectivity index (χ3n) is 6.88. The summed E-state index contributed by atoms with van der Waals surface area (Å²) in [5, 5.41) is 0. The van der Waals surface area contributed by atoms with Gasteiger partial charge >= 0.3 is 22.3 Å². The van der Waals surface area contributed by atoms with Gasteiger partial charge in [-0.25, -0.2) is 8.37 Å². The molecule has 1 heterocycles. The number of carbonyl (C=O) groups excluding carboxylic acids is 2. The fourth-order valence-electron chi connectivity index (χ4n) is 5.71. The van der Waals surface area contributed by atoms with Gasteiger partial charge in [-0.3, -0.25) is 9.59 Å². The summed E-state index contributed by atoms with van der Waals surface area (Å²) in [5.41, 5.74) is -1.39. The van der Waals surface area contributed by atoms with Gasteiger partial charge in [-0.2, -0.15) is 8.42 Å². The van der Waals surface area contributed by atoms with E-state index in [9.17, 15) is 18.0 Å². The number of ether oxygens (including phenoxy) is 2. The Morgan fingerprint density at radius 3 is 2.43 bits per heavy atom. The Labute approximate surface area is 166 Å². The number of esters is 2. The zero-order valence-corrected chi connectivity index (χ0v) is 17.9. The minimum Gasteiger partial charge on any atom is -0.466 e. The van der Waals surface area contributed by atoms with Crippen LogP contribution in [-0.2, 0) is 37.8 Å². The smallest absolute Gasteiger partial charge is 0.400 e. The molecule has 2 saturated carbocycles. The maximum Gasteiger partial charge on any atom is 0.400 e. The Morgan fingerprint density at radius 2 is 1.82 bits per heavy atom. The average molecular weight is 419 g/mol. The summed E-state index contributed by atoms with van der Waals surface area (Å²) < 4.78 is 46.6. The number of carbonyl (C=O) groups is 2. The zero-order chi connectivity index (χ0) is 20.9. The van der Waals surface area contributed by atoms with Crippen LogP contribution in [0.25, 0.3) is 0 Å². The zero-order valence-electron chi connectivity index (χ0n) is 17.1. The minimum absolute atomic E-state index is 0.0786. The van der Waals surface area contributed by atoms with Crippen molar-refractivity contribution >= 4 is 22.3 Å². The topological polar surface area (TPSA) is 105 Å². The highest BCUT2D eigenvalue weighted by atomic mass is 32.3. The summed E-state index contributed by atoms with van der Waals surface area (Å²) in [7, 11) is -4.14. The molecule has 7 atom stereocenters. The van der Waals surface area contributed by atoms with E-state index < -0.39 is 27.5 Å². The van der Waals surface area contributed by atoms with E-state index in [-0.39, 0.29) is 42.4 Å². The maximum atomic E-state index is 12.4. The summed E-state index contributed by atoms with van der Waals surface area (Å²) in [6.45, 7) is 8.72. The molecule has 0 unspecified atom stereocenters. The van der Waals surface area contributed by atoms with Crippen molar-refractivity contribution in [2.45, 2.75) is 78.1 Å². The molecule has 9 heteroatoms. The average Bonchev–Trinajstić information content (AvgIpc) is 2.53. The van der Waals surface area contributed by atoms with Gasteiger partial charge in [0.2, 0.25) is 0 Å². The van der Waals surface area contributed by atoms with E-state index in [1.54, 1.807) is 0 Å². The molecule has 0 amide bonds. The van der Waals surface area contributed by atoms with Gasteiger partial charge in [-0.05, 0) is 44.4 Å². The summed E-state index contributed by atoms with van der Waals surface area (Å²) >= 11 is 0. The molecule has 0 N–H and O–H groups in total. The highest BCUT2D eigenvalue weighted by Crippen LogP contribution is 2.61. The Balaban J connectivity index is 1.97. The molecule has 1 saturated heterocycles. The second-order valence-electron chi connectivity index (χ2n) is 8.97. The Kier molecular flexibility index (Phi) is 5.57. The highest BCUT2D eigenvalue weighted by Gasteiger charge is 2.66. The lowest BCUT2D eigenvalue weighted by Gasteiger charge is -2.62. The highest BCUT2D eigenvalue weighted by molar-refractivity contribution is 7.82. The van der Waals surface area contributed by atoms with Crippen LogP contribution in [0.2, 0.25) is 0 Å².